The second-order valence-electron chi connectivity index (χ2n) is 3.15. The van der Waals surface area contributed by atoms with Crippen molar-refractivity contribution in [3.8, 4) is 0 Å². The van der Waals surface area contributed by atoms with Crippen molar-refractivity contribution in [2.45, 2.75) is 19.3 Å². The second kappa shape index (κ2) is 5.46. The molecule has 0 aliphatic carbocycles. The summed E-state index contributed by atoms with van der Waals surface area (Å²) in [7, 11) is 0. The van der Waals surface area contributed by atoms with Crippen LogP contribution in [0.15, 0.2) is 10.7 Å². The van der Waals surface area contributed by atoms with E-state index in [-0.39, 0.29) is 25.0 Å². The molecule has 1 aromatic heterocycles. The van der Waals surface area contributed by atoms with Crippen LogP contribution in [0.4, 0.5) is 0 Å². The Labute approximate surface area is 96.0 Å². The van der Waals surface area contributed by atoms with Crippen molar-refractivity contribution in [3.63, 3.8) is 0 Å². The second-order valence-corrected chi connectivity index (χ2v) is 3.57. The van der Waals surface area contributed by atoms with Crippen LogP contribution < -0.4 is 0 Å². The predicted molar refractivity (Wildman–Crippen MR) is 54.6 cm³/mol. The summed E-state index contributed by atoms with van der Waals surface area (Å²) >= 11 is 5.17. The molecule has 1 rings (SSSR count). The molecule has 0 aromatic carbocycles. The van der Waals surface area contributed by atoms with Gasteiger partial charge in [0.2, 0.25) is 5.24 Å². The number of furan rings is 1. The first-order valence-corrected chi connectivity index (χ1v) is 4.87. The summed E-state index contributed by atoms with van der Waals surface area (Å²) in [5.41, 5.74) is 0.832. The van der Waals surface area contributed by atoms with Crippen LogP contribution in [0, 0.1) is 0 Å². The van der Waals surface area contributed by atoms with Crippen molar-refractivity contribution in [2.24, 2.45) is 0 Å². The maximum Gasteiger partial charge on any atom is 0.307 e. The Balaban J connectivity index is 2.91. The van der Waals surface area contributed by atoms with Crippen molar-refractivity contribution in [3.05, 3.63) is 23.2 Å². The van der Waals surface area contributed by atoms with E-state index in [2.05, 4.69) is 0 Å². The third kappa shape index (κ3) is 3.20. The Bertz CT molecular complexity index is 421. The number of carbonyl (C=O) groups excluding carboxylic acids is 2. The fourth-order valence-electron chi connectivity index (χ4n) is 1.35. The molecule has 0 radical (unpaired) electrons. The van der Waals surface area contributed by atoms with Gasteiger partial charge in [0.05, 0.1) is 12.7 Å². The van der Waals surface area contributed by atoms with E-state index in [4.69, 9.17) is 21.1 Å². The summed E-state index contributed by atoms with van der Waals surface area (Å²) in [6, 6.07) is 0. The van der Waals surface area contributed by atoms with Crippen LogP contribution in [0.1, 0.15) is 28.1 Å². The average molecular weight is 245 g/mol. The summed E-state index contributed by atoms with van der Waals surface area (Å²) in [4.78, 5) is 31.7. The van der Waals surface area contributed by atoms with E-state index < -0.39 is 11.2 Å². The zero-order valence-electron chi connectivity index (χ0n) is 8.23. The van der Waals surface area contributed by atoms with E-state index >= 15 is 0 Å². The number of halogens is 1. The lowest BCUT2D eigenvalue weighted by Crippen LogP contribution is -2.03. The lowest BCUT2D eigenvalue weighted by molar-refractivity contribution is -0.136. The number of aldehydes is 1. The van der Waals surface area contributed by atoms with E-state index in [9.17, 15) is 14.4 Å². The molecule has 0 spiro atoms. The summed E-state index contributed by atoms with van der Waals surface area (Å²) in [6.07, 6.45) is 1.69. The van der Waals surface area contributed by atoms with Crippen LogP contribution in [-0.4, -0.2) is 22.6 Å². The maximum atomic E-state index is 10.6. The summed E-state index contributed by atoms with van der Waals surface area (Å²) in [5, 5.41) is 8.09. The van der Waals surface area contributed by atoms with Gasteiger partial charge in [-0.25, -0.2) is 0 Å². The van der Waals surface area contributed by atoms with Crippen molar-refractivity contribution in [1.29, 1.82) is 0 Å². The molecule has 5 nitrogen and oxygen atoms in total. The zero-order valence-corrected chi connectivity index (χ0v) is 8.99. The monoisotopic (exact) mass is 244 g/mol. The fourth-order valence-corrected chi connectivity index (χ4v) is 1.45. The first kappa shape index (κ1) is 12.4. The SMILES string of the molecule is O=Cc1occ(CC(=O)O)c1CCC(=O)Cl. The highest BCUT2D eigenvalue weighted by Gasteiger charge is 2.16. The number of carboxylic acid groups (broad SMARTS) is 1. The van der Waals surface area contributed by atoms with E-state index in [1.54, 1.807) is 0 Å². The molecule has 1 aromatic rings. The molecule has 0 aliphatic rings. The lowest BCUT2D eigenvalue weighted by Gasteiger charge is -1.99. The minimum atomic E-state index is -1.03. The molecule has 0 aliphatic heterocycles. The van der Waals surface area contributed by atoms with Crippen LogP contribution in [0.25, 0.3) is 0 Å². The number of carbonyl (C=O) groups is 3. The molecule has 0 bridgehead atoms. The van der Waals surface area contributed by atoms with Gasteiger partial charge in [-0.3, -0.25) is 14.4 Å². The van der Waals surface area contributed by atoms with Gasteiger partial charge in [-0.1, -0.05) is 0 Å². The summed E-state index contributed by atoms with van der Waals surface area (Å²) < 4.78 is 4.89. The molecule has 0 amide bonds. The minimum absolute atomic E-state index is 0.0363. The standard InChI is InChI=1S/C10H9ClO5/c11-9(13)2-1-7-6(3-10(14)15)5-16-8(7)4-12/h4-5H,1-3H2,(H,14,15). The largest absolute Gasteiger partial charge is 0.481 e. The number of hydrogen-bond donors (Lipinski definition) is 1. The minimum Gasteiger partial charge on any atom is -0.481 e. The van der Waals surface area contributed by atoms with Gasteiger partial charge in [0.25, 0.3) is 0 Å². The molecule has 0 saturated carbocycles. The lowest BCUT2D eigenvalue weighted by atomic mass is 10.0. The predicted octanol–water partition coefficient (Wildman–Crippen LogP) is 1.42. The number of carboxylic acids is 1. The van der Waals surface area contributed by atoms with Crippen LogP contribution >= 0.6 is 11.6 Å². The van der Waals surface area contributed by atoms with Crippen molar-refractivity contribution >= 4 is 29.1 Å². The average Bonchev–Trinajstić information content (AvgIpc) is 2.56. The van der Waals surface area contributed by atoms with Gasteiger partial charge < -0.3 is 9.52 Å². The Hall–Kier alpha value is -1.62. The first-order valence-electron chi connectivity index (χ1n) is 4.49. The molecule has 0 fully saturated rings. The Morgan fingerprint density at radius 3 is 2.69 bits per heavy atom. The quantitative estimate of drug-likeness (QED) is 0.604. The van der Waals surface area contributed by atoms with E-state index in [1.807, 2.05) is 0 Å². The van der Waals surface area contributed by atoms with Gasteiger partial charge in [0.1, 0.15) is 0 Å². The highest BCUT2D eigenvalue weighted by molar-refractivity contribution is 6.63. The van der Waals surface area contributed by atoms with Gasteiger partial charge in [-0.15, -0.1) is 0 Å². The molecule has 0 atom stereocenters. The Morgan fingerprint density at radius 1 is 1.50 bits per heavy atom. The van der Waals surface area contributed by atoms with E-state index in [0.717, 1.165) is 0 Å². The van der Waals surface area contributed by atoms with Gasteiger partial charge in [0.15, 0.2) is 12.0 Å². The van der Waals surface area contributed by atoms with E-state index in [1.165, 1.54) is 6.26 Å². The normalized spacial score (nSPS) is 10.1. The van der Waals surface area contributed by atoms with Gasteiger partial charge >= 0.3 is 5.97 Å². The Morgan fingerprint density at radius 2 is 2.19 bits per heavy atom. The zero-order chi connectivity index (χ0) is 12.1. The molecule has 1 N–H and O–H groups in total. The Kier molecular flexibility index (Phi) is 4.25. The molecule has 6 heteroatoms. The molecule has 1 heterocycles. The maximum absolute atomic E-state index is 10.6. The van der Waals surface area contributed by atoms with Crippen LogP contribution in [0.2, 0.25) is 0 Å². The fraction of sp³-hybridized carbons (Fsp3) is 0.300. The van der Waals surface area contributed by atoms with Gasteiger partial charge in [-0.05, 0) is 18.0 Å². The van der Waals surface area contributed by atoms with Crippen molar-refractivity contribution in [2.75, 3.05) is 0 Å². The van der Waals surface area contributed by atoms with Gasteiger partial charge in [-0.2, -0.15) is 0 Å². The molecule has 16 heavy (non-hydrogen) atoms. The molecular weight excluding hydrogens is 236 g/mol. The highest BCUT2D eigenvalue weighted by atomic mass is 35.5. The first-order chi connectivity index (χ1) is 7.54. The van der Waals surface area contributed by atoms with Crippen LogP contribution in [-0.2, 0) is 22.4 Å². The third-order valence-corrected chi connectivity index (χ3v) is 2.22. The highest BCUT2D eigenvalue weighted by Crippen LogP contribution is 2.19. The van der Waals surface area contributed by atoms with E-state index in [0.29, 0.717) is 17.4 Å². The summed E-state index contributed by atoms with van der Waals surface area (Å²) in [6.45, 7) is 0. The molecule has 86 valence electrons. The van der Waals surface area contributed by atoms with Gasteiger partial charge in [0, 0.05) is 17.5 Å². The number of aliphatic carboxylic acids is 1. The topological polar surface area (TPSA) is 84.6 Å². The summed E-state index contributed by atoms with van der Waals surface area (Å²) in [5.74, 6) is -0.981. The number of hydrogen-bond acceptors (Lipinski definition) is 4. The van der Waals surface area contributed by atoms with Crippen molar-refractivity contribution < 1.29 is 23.9 Å². The van der Waals surface area contributed by atoms with Crippen LogP contribution in [0.3, 0.4) is 0 Å². The molecule has 0 unspecified atom stereocenters. The third-order valence-electron chi connectivity index (χ3n) is 2.03. The molecule has 0 saturated heterocycles. The van der Waals surface area contributed by atoms with Crippen LogP contribution in [0.5, 0.6) is 0 Å². The number of rotatable bonds is 6. The molecular formula is C10H9ClO5. The smallest absolute Gasteiger partial charge is 0.307 e. The van der Waals surface area contributed by atoms with Crippen molar-refractivity contribution in [1.82, 2.24) is 0 Å².